The SMILES string of the molecule is C=CC12CCC(C1)C(C(=O)C(F)(F)F)C2. The van der Waals surface area contributed by atoms with Gasteiger partial charge in [0.25, 0.3) is 0 Å². The average Bonchev–Trinajstić information content (AvgIpc) is 2.73. The molecule has 2 rings (SSSR count). The van der Waals surface area contributed by atoms with Gasteiger partial charge in [0.2, 0.25) is 5.78 Å². The summed E-state index contributed by atoms with van der Waals surface area (Å²) < 4.78 is 36.8. The zero-order valence-electron chi connectivity index (χ0n) is 8.31. The maximum atomic E-state index is 12.3. The Balaban J connectivity index is 2.16. The second-order valence-electron chi connectivity index (χ2n) is 4.74. The fraction of sp³-hybridized carbons (Fsp3) is 0.727. The summed E-state index contributed by atoms with van der Waals surface area (Å²) in [4.78, 5) is 11.2. The first kappa shape index (κ1) is 10.7. The van der Waals surface area contributed by atoms with Crippen molar-refractivity contribution in [3.8, 4) is 0 Å². The van der Waals surface area contributed by atoms with Gasteiger partial charge < -0.3 is 0 Å². The molecular formula is C11H13F3O. The minimum atomic E-state index is -4.67. The molecule has 0 aromatic carbocycles. The van der Waals surface area contributed by atoms with Gasteiger partial charge in [-0.05, 0) is 37.0 Å². The summed E-state index contributed by atoms with van der Waals surface area (Å²) in [6.07, 6.45) is -0.238. The van der Waals surface area contributed by atoms with Gasteiger partial charge in [0.05, 0.1) is 0 Å². The molecular weight excluding hydrogens is 205 g/mol. The van der Waals surface area contributed by atoms with Crippen molar-refractivity contribution in [3.05, 3.63) is 12.7 Å². The van der Waals surface area contributed by atoms with Crippen molar-refractivity contribution >= 4 is 5.78 Å². The highest BCUT2D eigenvalue weighted by Gasteiger charge is 2.56. The van der Waals surface area contributed by atoms with Crippen LogP contribution in [-0.4, -0.2) is 12.0 Å². The molecule has 0 radical (unpaired) electrons. The highest BCUT2D eigenvalue weighted by Crippen LogP contribution is 2.58. The Morgan fingerprint density at radius 3 is 2.53 bits per heavy atom. The molecule has 0 N–H and O–H groups in total. The fourth-order valence-corrected chi connectivity index (χ4v) is 3.12. The Morgan fingerprint density at radius 1 is 1.40 bits per heavy atom. The molecule has 2 saturated carbocycles. The predicted molar refractivity (Wildman–Crippen MR) is 49.1 cm³/mol. The summed E-state index contributed by atoms with van der Waals surface area (Å²) in [7, 11) is 0. The van der Waals surface area contributed by atoms with Gasteiger partial charge in [-0.25, -0.2) is 0 Å². The summed E-state index contributed by atoms with van der Waals surface area (Å²) in [5.74, 6) is -2.41. The van der Waals surface area contributed by atoms with Gasteiger partial charge in [0.1, 0.15) is 0 Å². The minimum absolute atomic E-state index is 0.0721. The fourth-order valence-electron chi connectivity index (χ4n) is 3.12. The van der Waals surface area contributed by atoms with Crippen LogP contribution in [0.5, 0.6) is 0 Å². The van der Waals surface area contributed by atoms with Gasteiger partial charge in [-0.15, -0.1) is 6.58 Å². The van der Waals surface area contributed by atoms with Gasteiger partial charge in [-0.1, -0.05) is 6.08 Å². The third-order valence-electron chi connectivity index (χ3n) is 3.93. The van der Waals surface area contributed by atoms with E-state index in [0.717, 1.165) is 12.8 Å². The molecule has 0 heterocycles. The number of Topliss-reactive ketones (excluding diaryl/α,β-unsaturated/α-hetero) is 1. The smallest absolute Gasteiger partial charge is 0.289 e. The normalized spacial score (nSPS) is 39.4. The van der Waals surface area contributed by atoms with Gasteiger partial charge in [-0.2, -0.15) is 13.2 Å². The lowest BCUT2D eigenvalue weighted by Crippen LogP contribution is -2.34. The number of halogens is 3. The second-order valence-corrected chi connectivity index (χ2v) is 4.74. The standard InChI is InChI=1S/C11H13F3O/c1-2-10-4-3-7(5-10)8(6-10)9(15)11(12,13)14/h2,7-8H,1,3-6H2. The van der Waals surface area contributed by atoms with E-state index in [0.29, 0.717) is 12.8 Å². The van der Waals surface area contributed by atoms with Crippen molar-refractivity contribution < 1.29 is 18.0 Å². The molecule has 2 aliphatic rings. The number of allylic oxidation sites excluding steroid dienone is 1. The summed E-state index contributed by atoms with van der Waals surface area (Å²) >= 11 is 0. The molecule has 4 heteroatoms. The van der Waals surface area contributed by atoms with Crippen molar-refractivity contribution in [2.24, 2.45) is 17.3 Å². The van der Waals surface area contributed by atoms with Gasteiger partial charge in [0, 0.05) is 5.92 Å². The first-order valence-electron chi connectivity index (χ1n) is 5.13. The quantitative estimate of drug-likeness (QED) is 0.651. The lowest BCUT2D eigenvalue weighted by Gasteiger charge is -2.26. The lowest BCUT2D eigenvalue weighted by molar-refractivity contribution is -0.177. The molecule has 2 fully saturated rings. The maximum Gasteiger partial charge on any atom is 0.450 e. The summed E-state index contributed by atoms with van der Waals surface area (Å²) in [6, 6.07) is 0. The molecule has 0 amide bonds. The highest BCUT2D eigenvalue weighted by molar-refractivity contribution is 5.87. The minimum Gasteiger partial charge on any atom is -0.289 e. The Kier molecular flexibility index (Phi) is 2.21. The molecule has 0 aromatic heterocycles. The van der Waals surface area contributed by atoms with E-state index >= 15 is 0 Å². The number of hydrogen-bond donors (Lipinski definition) is 0. The van der Waals surface area contributed by atoms with Crippen molar-refractivity contribution in [1.82, 2.24) is 0 Å². The molecule has 2 bridgehead atoms. The summed E-state index contributed by atoms with van der Waals surface area (Å²) in [5, 5.41) is 0. The summed E-state index contributed by atoms with van der Waals surface area (Å²) in [6.45, 7) is 3.68. The van der Waals surface area contributed by atoms with Crippen molar-refractivity contribution in [2.45, 2.75) is 31.9 Å². The van der Waals surface area contributed by atoms with Crippen LogP contribution in [0.3, 0.4) is 0 Å². The van der Waals surface area contributed by atoms with Crippen LogP contribution in [-0.2, 0) is 4.79 Å². The largest absolute Gasteiger partial charge is 0.450 e. The molecule has 15 heavy (non-hydrogen) atoms. The number of rotatable bonds is 2. The number of alkyl halides is 3. The zero-order chi connectivity index (χ0) is 11.3. The van der Waals surface area contributed by atoms with Crippen molar-refractivity contribution in [1.29, 1.82) is 0 Å². The van der Waals surface area contributed by atoms with E-state index < -0.39 is 17.9 Å². The van der Waals surface area contributed by atoms with Crippen LogP contribution in [0.25, 0.3) is 0 Å². The van der Waals surface area contributed by atoms with Crippen LogP contribution >= 0.6 is 0 Å². The third kappa shape index (κ3) is 1.60. The van der Waals surface area contributed by atoms with Crippen LogP contribution < -0.4 is 0 Å². The number of carbonyl (C=O) groups is 1. The van der Waals surface area contributed by atoms with E-state index in [-0.39, 0.29) is 11.3 Å². The Bertz CT molecular complexity index is 307. The molecule has 3 unspecified atom stereocenters. The van der Waals surface area contributed by atoms with Gasteiger partial charge in [0.15, 0.2) is 0 Å². The van der Waals surface area contributed by atoms with E-state index in [1.165, 1.54) is 0 Å². The molecule has 0 aliphatic heterocycles. The Hall–Kier alpha value is -0.800. The number of fused-ring (bicyclic) bond motifs is 2. The predicted octanol–water partition coefficient (Wildman–Crippen LogP) is 3.11. The zero-order valence-corrected chi connectivity index (χ0v) is 8.31. The Morgan fingerprint density at radius 2 is 2.07 bits per heavy atom. The van der Waals surface area contributed by atoms with Crippen molar-refractivity contribution in [2.75, 3.05) is 0 Å². The molecule has 2 aliphatic carbocycles. The van der Waals surface area contributed by atoms with Gasteiger partial charge >= 0.3 is 6.18 Å². The molecule has 0 aromatic rings. The van der Waals surface area contributed by atoms with E-state index in [9.17, 15) is 18.0 Å². The highest BCUT2D eigenvalue weighted by atomic mass is 19.4. The topological polar surface area (TPSA) is 17.1 Å². The van der Waals surface area contributed by atoms with Crippen LogP contribution in [0.4, 0.5) is 13.2 Å². The first-order chi connectivity index (χ1) is 6.88. The van der Waals surface area contributed by atoms with E-state index in [4.69, 9.17) is 0 Å². The van der Waals surface area contributed by atoms with Crippen LogP contribution in [0, 0.1) is 17.3 Å². The van der Waals surface area contributed by atoms with Crippen molar-refractivity contribution in [3.63, 3.8) is 0 Å². The molecule has 0 spiro atoms. The monoisotopic (exact) mass is 218 g/mol. The van der Waals surface area contributed by atoms with Crippen LogP contribution in [0.2, 0.25) is 0 Å². The van der Waals surface area contributed by atoms with E-state index in [1.54, 1.807) is 6.08 Å². The van der Waals surface area contributed by atoms with E-state index in [1.807, 2.05) is 0 Å². The van der Waals surface area contributed by atoms with Crippen LogP contribution in [0.1, 0.15) is 25.7 Å². The first-order valence-corrected chi connectivity index (χ1v) is 5.13. The second kappa shape index (κ2) is 3.09. The third-order valence-corrected chi connectivity index (χ3v) is 3.93. The number of hydrogen-bond acceptors (Lipinski definition) is 1. The lowest BCUT2D eigenvalue weighted by atomic mass is 9.78. The molecule has 84 valence electrons. The number of carbonyl (C=O) groups excluding carboxylic acids is 1. The Labute approximate surface area is 86.3 Å². The maximum absolute atomic E-state index is 12.3. The average molecular weight is 218 g/mol. The summed E-state index contributed by atoms with van der Waals surface area (Å²) in [5.41, 5.74) is -0.184. The van der Waals surface area contributed by atoms with E-state index in [2.05, 4.69) is 6.58 Å². The molecule has 1 nitrogen and oxygen atoms in total. The number of ketones is 1. The van der Waals surface area contributed by atoms with Crippen LogP contribution in [0.15, 0.2) is 12.7 Å². The van der Waals surface area contributed by atoms with Gasteiger partial charge in [-0.3, -0.25) is 4.79 Å². The molecule has 3 atom stereocenters. The molecule has 0 saturated heterocycles.